The van der Waals surface area contributed by atoms with Crippen LogP contribution in [0.2, 0.25) is 0 Å². The molecule has 0 bridgehead atoms. The van der Waals surface area contributed by atoms with Crippen LogP contribution in [0.1, 0.15) is 13.8 Å². The number of carbonyl (C=O) groups excluding carboxylic acids is 1. The van der Waals surface area contributed by atoms with Crippen LogP contribution in [0.15, 0.2) is 45.7 Å². The van der Waals surface area contributed by atoms with Crippen LogP contribution in [0.4, 0.5) is 0 Å². The molecule has 7 nitrogen and oxygen atoms in total. The molecule has 0 radical (unpaired) electrons. The minimum absolute atomic E-state index is 0.0115. The highest BCUT2D eigenvalue weighted by Gasteiger charge is 2.26. The molecule has 2 N–H and O–H groups in total. The number of thiophene rings is 1. The summed E-state index contributed by atoms with van der Waals surface area (Å²) in [6.45, 7) is 5.04. The molecule has 1 aliphatic rings. The van der Waals surface area contributed by atoms with E-state index in [0.717, 1.165) is 15.8 Å². The van der Waals surface area contributed by atoms with Crippen molar-refractivity contribution in [3.63, 3.8) is 0 Å². The normalized spacial score (nSPS) is 19.6. The number of rotatable bonds is 4. The van der Waals surface area contributed by atoms with Crippen molar-refractivity contribution in [2.75, 3.05) is 24.7 Å². The lowest BCUT2D eigenvalue weighted by Crippen LogP contribution is -2.48. The largest absolute Gasteiger partial charge is 0.372 e. The van der Waals surface area contributed by atoms with E-state index in [-0.39, 0.29) is 29.4 Å². The predicted octanol–water partition coefficient (Wildman–Crippen LogP) is 2.57. The van der Waals surface area contributed by atoms with Gasteiger partial charge in [-0.2, -0.15) is 0 Å². The van der Waals surface area contributed by atoms with Gasteiger partial charge in [-0.3, -0.25) is 9.59 Å². The van der Waals surface area contributed by atoms with Gasteiger partial charge in [0.2, 0.25) is 5.91 Å². The van der Waals surface area contributed by atoms with E-state index >= 15 is 0 Å². The molecule has 0 saturated carbocycles. The zero-order valence-corrected chi connectivity index (χ0v) is 17.8. The van der Waals surface area contributed by atoms with Crippen molar-refractivity contribution >= 4 is 39.2 Å². The molecule has 0 spiro atoms. The van der Waals surface area contributed by atoms with E-state index in [1.165, 1.54) is 23.1 Å². The second-order valence-electron chi connectivity index (χ2n) is 7.11. The monoisotopic (exact) mass is 430 g/mol. The van der Waals surface area contributed by atoms with Crippen LogP contribution in [0.3, 0.4) is 0 Å². The number of thioether (sulfide) groups is 1. The van der Waals surface area contributed by atoms with Crippen molar-refractivity contribution in [2.24, 2.45) is 0 Å². The first-order valence-corrected chi connectivity index (χ1v) is 11.2. The van der Waals surface area contributed by atoms with E-state index in [1.54, 1.807) is 4.90 Å². The van der Waals surface area contributed by atoms with E-state index in [1.807, 2.05) is 49.6 Å². The Bertz CT molecular complexity index is 1090. The number of hydrogen-bond donors (Lipinski definition) is 1. The Morgan fingerprint density at radius 3 is 2.66 bits per heavy atom. The standard InChI is InChI=1S/C20H22N4O3S2/c1-12-8-23(9-13(2)27-12)16(25)11-29-20-22-18-17(19(26)24(20)21)15(10-28-18)14-6-4-3-5-7-14/h3-7,10,12-13H,8-9,11,21H2,1-2H3. The molecule has 2 aromatic heterocycles. The van der Waals surface area contributed by atoms with Gasteiger partial charge < -0.3 is 15.5 Å². The summed E-state index contributed by atoms with van der Waals surface area (Å²) in [7, 11) is 0. The molecular weight excluding hydrogens is 408 g/mol. The van der Waals surface area contributed by atoms with Gasteiger partial charge in [-0.1, -0.05) is 42.1 Å². The second kappa shape index (κ2) is 8.17. The molecule has 1 fully saturated rings. The van der Waals surface area contributed by atoms with Crippen molar-refractivity contribution in [3.8, 4) is 11.1 Å². The topological polar surface area (TPSA) is 90.5 Å². The molecule has 2 unspecified atom stereocenters. The summed E-state index contributed by atoms with van der Waals surface area (Å²) in [5.74, 6) is 6.20. The maximum absolute atomic E-state index is 12.9. The van der Waals surface area contributed by atoms with Crippen LogP contribution in [-0.2, 0) is 9.53 Å². The number of nitrogens with zero attached hydrogens (tertiary/aromatic N) is 3. The van der Waals surface area contributed by atoms with Gasteiger partial charge >= 0.3 is 0 Å². The van der Waals surface area contributed by atoms with Crippen LogP contribution in [0, 0.1) is 0 Å². The highest BCUT2D eigenvalue weighted by molar-refractivity contribution is 7.99. The molecule has 2 atom stereocenters. The average molecular weight is 431 g/mol. The van der Waals surface area contributed by atoms with Crippen LogP contribution in [0.25, 0.3) is 21.3 Å². The SMILES string of the molecule is CC1CN(C(=O)CSc2nc3scc(-c4ccccc4)c3c(=O)n2N)CC(C)O1. The molecule has 29 heavy (non-hydrogen) atoms. The zero-order chi connectivity index (χ0) is 20.5. The fourth-order valence-electron chi connectivity index (χ4n) is 3.52. The average Bonchev–Trinajstić information content (AvgIpc) is 3.13. The third-order valence-corrected chi connectivity index (χ3v) is 6.60. The number of ether oxygens (including phenoxy) is 1. The van der Waals surface area contributed by atoms with Crippen molar-refractivity contribution in [3.05, 3.63) is 46.1 Å². The van der Waals surface area contributed by atoms with Crippen LogP contribution in [0.5, 0.6) is 0 Å². The number of nitrogens with two attached hydrogens (primary N) is 1. The fourth-order valence-corrected chi connectivity index (χ4v) is 5.32. The van der Waals surface area contributed by atoms with Gasteiger partial charge in [0.15, 0.2) is 5.16 Å². The molecule has 3 aromatic rings. The minimum Gasteiger partial charge on any atom is -0.372 e. The lowest BCUT2D eigenvalue weighted by molar-refractivity contribution is -0.140. The highest BCUT2D eigenvalue weighted by atomic mass is 32.2. The van der Waals surface area contributed by atoms with Crippen molar-refractivity contribution in [2.45, 2.75) is 31.2 Å². The third kappa shape index (κ3) is 4.03. The van der Waals surface area contributed by atoms with Crippen molar-refractivity contribution < 1.29 is 9.53 Å². The van der Waals surface area contributed by atoms with Gasteiger partial charge in [0.05, 0.1) is 23.3 Å². The molecule has 1 saturated heterocycles. The number of morpholine rings is 1. The Kier molecular flexibility index (Phi) is 5.62. The summed E-state index contributed by atoms with van der Waals surface area (Å²) in [6.07, 6.45) is 0.0229. The zero-order valence-electron chi connectivity index (χ0n) is 16.2. The number of nitrogen functional groups attached to an aromatic ring is 1. The number of amides is 1. The first-order chi connectivity index (χ1) is 13.9. The minimum atomic E-state index is -0.307. The first kappa shape index (κ1) is 19.9. The van der Waals surface area contributed by atoms with Crippen molar-refractivity contribution in [1.82, 2.24) is 14.6 Å². The molecule has 3 heterocycles. The molecule has 1 aliphatic heterocycles. The third-order valence-electron chi connectivity index (χ3n) is 4.79. The quantitative estimate of drug-likeness (QED) is 0.389. The molecule has 1 aromatic carbocycles. The Hall–Kier alpha value is -2.36. The molecule has 9 heteroatoms. The lowest BCUT2D eigenvalue weighted by Gasteiger charge is -2.35. The van der Waals surface area contributed by atoms with Gasteiger partial charge in [0.25, 0.3) is 5.56 Å². The van der Waals surface area contributed by atoms with Crippen molar-refractivity contribution in [1.29, 1.82) is 0 Å². The van der Waals surface area contributed by atoms with Gasteiger partial charge in [-0.15, -0.1) is 11.3 Å². The number of fused-ring (bicyclic) bond motifs is 1. The lowest BCUT2D eigenvalue weighted by atomic mass is 10.1. The molecule has 1 amide bonds. The van der Waals surface area contributed by atoms with Gasteiger partial charge in [-0.25, -0.2) is 9.66 Å². The molecule has 0 aliphatic carbocycles. The van der Waals surface area contributed by atoms with Gasteiger partial charge in [0.1, 0.15) is 4.83 Å². The first-order valence-electron chi connectivity index (χ1n) is 9.35. The Labute approximate surface area is 176 Å². The van der Waals surface area contributed by atoms with E-state index in [2.05, 4.69) is 4.98 Å². The Morgan fingerprint density at radius 1 is 1.28 bits per heavy atom. The summed E-state index contributed by atoms with van der Waals surface area (Å²) in [5, 5.41) is 2.77. The molecule has 4 rings (SSSR count). The Balaban J connectivity index is 1.57. The number of carbonyl (C=O) groups is 1. The highest BCUT2D eigenvalue weighted by Crippen LogP contribution is 2.31. The van der Waals surface area contributed by atoms with E-state index in [9.17, 15) is 9.59 Å². The van der Waals surface area contributed by atoms with Gasteiger partial charge in [0, 0.05) is 24.0 Å². The van der Waals surface area contributed by atoms with E-state index in [4.69, 9.17) is 10.6 Å². The summed E-state index contributed by atoms with van der Waals surface area (Å²) in [6, 6.07) is 9.69. The number of hydrogen-bond acceptors (Lipinski definition) is 7. The second-order valence-corrected chi connectivity index (χ2v) is 8.91. The summed E-state index contributed by atoms with van der Waals surface area (Å²) < 4.78 is 6.72. The van der Waals surface area contributed by atoms with Crippen LogP contribution in [-0.4, -0.2) is 51.5 Å². The number of aromatic nitrogens is 2. The predicted molar refractivity (Wildman–Crippen MR) is 117 cm³/mol. The van der Waals surface area contributed by atoms with E-state index < -0.39 is 0 Å². The molecule has 152 valence electrons. The number of benzene rings is 1. The van der Waals surface area contributed by atoms with Crippen LogP contribution >= 0.6 is 23.1 Å². The molecular formula is C20H22N4O3S2. The maximum atomic E-state index is 12.9. The fraction of sp³-hybridized carbons (Fsp3) is 0.350. The van der Waals surface area contributed by atoms with E-state index in [0.29, 0.717) is 28.5 Å². The summed E-state index contributed by atoms with van der Waals surface area (Å²) in [4.78, 5) is 32.5. The smallest absolute Gasteiger partial charge is 0.282 e. The van der Waals surface area contributed by atoms with Gasteiger partial charge in [-0.05, 0) is 19.4 Å². The Morgan fingerprint density at radius 2 is 1.97 bits per heavy atom. The summed E-state index contributed by atoms with van der Waals surface area (Å²) >= 11 is 2.59. The summed E-state index contributed by atoms with van der Waals surface area (Å²) in [5.41, 5.74) is 1.47. The van der Waals surface area contributed by atoms with Crippen LogP contribution < -0.4 is 11.4 Å². The maximum Gasteiger partial charge on any atom is 0.282 e.